The molecule has 1 aromatic carbocycles. The van der Waals surface area contributed by atoms with E-state index in [1.54, 1.807) is 6.20 Å². The number of ketones is 1. The van der Waals surface area contributed by atoms with Gasteiger partial charge in [-0.3, -0.25) is 9.78 Å². The van der Waals surface area contributed by atoms with Crippen LogP contribution in [0.25, 0.3) is 10.9 Å². The molecule has 2 aromatic rings. The average molecular weight is 241 g/mol. The normalized spacial score (nSPS) is 23.4. The smallest absolute Gasteiger partial charge is 0.191 e. The van der Waals surface area contributed by atoms with E-state index in [2.05, 4.69) is 4.98 Å². The SMILES string of the molecule is CC1CCC(C(=O)c2ccc3ncccc3c2)O1. The minimum atomic E-state index is -0.269. The summed E-state index contributed by atoms with van der Waals surface area (Å²) in [6.07, 6.45) is 3.47. The van der Waals surface area contributed by atoms with Crippen LogP contribution in [0.2, 0.25) is 0 Å². The molecule has 2 atom stereocenters. The monoisotopic (exact) mass is 241 g/mol. The Balaban J connectivity index is 1.92. The maximum Gasteiger partial charge on any atom is 0.191 e. The summed E-state index contributed by atoms with van der Waals surface area (Å²) in [5.41, 5.74) is 1.63. The summed E-state index contributed by atoms with van der Waals surface area (Å²) in [5, 5.41) is 0.995. The number of Topliss-reactive ketones (excluding diaryl/α,β-unsaturated/α-hetero) is 1. The van der Waals surface area contributed by atoms with E-state index >= 15 is 0 Å². The molecule has 0 saturated carbocycles. The third-order valence-corrected chi connectivity index (χ3v) is 3.41. The molecule has 1 fully saturated rings. The number of fused-ring (bicyclic) bond motifs is 1. The molecule has 1 aliphatic rings. The number of carbonyl (C=O) groups excluding carboxylic acids is 1. The van der Waals surface area contributed by atoms with Crippen molar-refractivity contribution in [3.8, 4) is 0 Å². The lowest BCUT2D eigenvalue weighted by Gasteiger charge is -2.10. The van der Waals surface area contributed by atoms with Gasteiger partial charge >= 0.3 is 0 Å². The van der Waals surface area contributed by atoms with E-state index in [1.807, 2.05) is 37.3 Å². The number of rotatable bonds is 2. The van der Waals surface area contributed by atoms with Gasteiger partial charge < -0.3 is 4.74 Å². The Hall–Kier alpha value is -1.74. The van der Waals surface area contributed by atoms with Crippen LogP contribution in [0.5, 0.6) is 0 Å². The van der Waals surface area contributed by atoms with Crippen LogP contribution in [0, 0.1) is 0 Å². The number of hydrogen-bond donors (Lipinski definition) is 0. The quantitative estimate of drug-likeness (QED) is 0.759. The summed E-state index contributed by atoms with van der Waals surface area (Å²) in [4.78, 5) is 16.5. The molecule has 3 rings (SSSR count). The van der Waals surface area contributed by atoms with Crippen molar-refractivity contribution in [3.05, 3.63) is 42.1 Å². The number of hydrogen-bond acceptors (Lipinski definition) is 3. The van der Waals surface area contributed by atoms with Crippen molar-refractivity contribution < 1.29 is 9.53 Å². The molecule has 0 spiro atoms. The number of ether oxygens (including phenoxy) is 1. The van der Waals surface area contributed by atoms with Gasteiger partial charge in [0.05, 0.1) is 11.6 Å². The van der Waals surface area contributed by atoms with Gasteiger partial charge in [0.2, 0.25) is 0 Å². The summed E-state index contributed by atoms with van der Waals surface area (Å²) in [7, 11) is 0. The van der Waals surface area contributed by atoms with Gasteiger partial charge in [-0.15, -0.1) is 0 Å². The molecule has 1 aliphatic heterocycles. The largest absolute Gasteiger partial charge is 0.367 e. The van der Waals surface area contributed by atoms with Gasteiger partial charge in [-0.1, -0.05) is 6.07 Å². The Morgan fingerprint density at radius 3 is 3.00 bits per heavy atom. The van der Waals surface area contributed by atoms with Gasteiger partial charge in [0.25, 0.3) is 0 Å². The van der Waals surface area contributed by atoms with Crippen molar-refractivity contribution >= 4 is 16.7 Å². The molecule has 0 amide bonds. The van der Waals surface area contributed by atoms with Crippen LogP contribution >= 0.6 is 0 Å². The highest BCUT2D eigenvalue weighted by Crippen LogP contribution is 2.23. The maximum atomic E-state index is 12.3. The molecular weight excluding hydrogens is 226 g/mol. The molecule has 0 N–H and O–H groups in total. The van der Waals surface area contributed by atoms with Crippen LogP contribution < -0.4 is 0 Å². The van der Waals surface area contributed by atoms with Crippen molar-refractivity contribution in [1.29, 1.82) is 0 Å². The summed E-state index contributed by atoms with van der Waals surface area (Å²) in [6.45, 7) is 2.01. The highest BCUT2D eigenvalue weighted by molar-refractivity contribution is 6.02. The zero-order valence-electron chi connectivity index (χ0n) is 10.3. The maximum absolute atomic E-state index is 12.3. The third kappa shape index (κ3) is 2.02. The number of benzene rings is 1. The second-order valence-corrected chi connectivity index (χ2v) is 4.79. The molecular formula is C15H15NO2. The Morgan fingerprint density at radius 1 is 1.33 bits per heavy atom. The van der Waals surface area contributed by atoms with Gasteiger partial charge in [-0.05, 0) is 44.0 Å². The van der Waals surface area contributed by atoms with Crippen LogP contribution in [0.15, 0.2) is 36.5 Å². The molecule has 2 heterocycles. The van der Waals surface area contributed by atoms with Crippen LogP contribution in [0.4, 0.5) is 0 Å². The Kier molecular flexibility index (Phi) is 2.84. The van der Waals surface area contributed by atoms with Crippen LogP contribution in [0.1, 0.15) is 30.1 Å². The van der Waals surface area contributed by atoms with Gasteiger partial charge in [0.1, 0.15) is 6.10 Å². The Morgan fingerprint density at radius 2 is 2.22 bits per heavy atom. The second kappa shape index (κ2) is 4.50. The van der Waals surface area contributed by atoms with Crippen LogP contribution in [-0.4, -0.2) is 23.0 Å². The lowest BCUT2D eigenvalue weighted by Crippen LogP contribution is -2.20. The van der Waals surface area contributed by atoms with Gasteiger partial charge in [-0.2, -0.15) is 0 Å². The zero-order chi connectivity index (χ0) is 12.5. The highest BCUT2D eigenvalue weighted by atomic mass is 16.5. The molecule has 0 aliphatic carbocycles. The zero-order valence-corrected chi connectivity index (χ0v) is 10.3. The van der Waals surface area contributed by atoms with Crippen molar-refractivity contribution in [1.82, 2.24) is 4.98 Å². The molecule has 92 valence electrons. The fraction of sp³-hybridized carbons (Fsp3) is 0.333. The fourth-order valence-corrected chi connectivity index (χ4v) is 2.41. The third-order valence-electron chi connectivity index (χ3n) is 3.41. The average Bonchev–Trinajstić information content (AvgIpc) is 2.84. The van der Waals surface area contributed by atoms with Crippen LogP contribution in [-0.2, 0) is 4.74 Å². The number of carbonyl (C=O) groups is 1. The van der Waals surface area contributed by atoms with E-state index in [0.717, 1.165) is 29.3 Å². The first kappa shape index (κ1) is 11.4. The number of nitrogens with zero attached hydrogens (tertiary/aromatic N) is 1. The van der Waals surface area contributed by atoms with E-state index in [-0.39, 0.29) is 18.0 Å². The molecule has 1 aromatic heterocycles. The second-order valence-electron chi connectivity index (χ2n) is 4.79. The van der Waals surface area contributed by atoms with E-state index in [0.29, 0.717) is 0 Å². The molecule has 1 saturated heterocycles. The van der Waals surface area contributed by atoms with Crippen molar-refractivity contribution in [2.75, 3.05) is 0 Å². The van der Waals surface area contributed by atoms with Crippen molar-refractivity contribution in [2.24, 2.45) is 0 Å². The Labute approximate surface area is 106 Å². The van der Waals surface area contributed by atoms with Crippen LogP contribution in [0.3, 0.4) is 0 Å². The summed E-state index contributed by atoms with van der Waals surface area (Å²) >= 11 is 0. The fourth-order valence-electron chi connectivity index (χ4n) is 2.41. The standard InChI is InChI=1S/C15H15NO2/c1-10-4-7-14(18-10)15(17)12-5-6-13-11(9-12)3-2-8-16-13/h2-3,5-6,8-10,14H,4,7H2,1H3. The van der Waals surface area contributed by atoms with E-state index in [1.165, 1.54) is 0 Å². The van der Waals surface area contributed by atoms with E-state index in [4.69, 9.17) is 4.74 Å². The van der Waals surface area contributed by atoms with Gasteiger partial charge in [-0.25, -0.2) is 0 Å². The van der Waals surface area contributed by atoms with Crippen molar-refractivity contribution in [2.45, 2.75) is 32.0 Å². The molecule has 2 unspecified atom stereocenters. The molecule has 3 heteroatoms. The number of pyridine rings is 1. The highest BCUT2D eigenvalue weighted by Gasteiger charge is 2.28. The topological polar surface area (TPSA) is 39.2 Å². The lowest BCUT2D eigenvalue weighted by molar-refractivity contribution is 0.0433. The predicted octanol–water partition coefficient (Wildman–Crippen LogP) is 2.99. The first-order valence-electron chi connectivity index (χ1n) is 6.28. The van der Waals surface area contributed by atoms with Gasteiger partial charge in [0.15, 0.2) is 5.78 Å². The number of aromatic nitrogens is 1. The first-order valence-corrected chi connectivity index (χ1v) is 6.28. The summed E-state index contributed by atoms with van der Waals surface area (Å²) in [5.74, 6) is 0.0881. The first-order chi connectivity index (χ1) is 8.74. The van der Waals surface area contributed by atoms with E-state index in [9.17, 15) is 4.79 Å². The molecule has 3 nitrogen and oxygen atoms in total. The lowest BCUT2D eigenvalue weighted by atomic mass is 10.0. The Bertz CT molecular complexity index is 594. The molecule has 0 bridgehead atoms. The molecule has 18 heavy (non-hydrogen) atoms. The minimum absolute atomic E-state index is 0.0881. The van der Waals surface area contributed by atoms with Crippen molar-refractivity contribution in [3.63, 3.8) is 0 Å². The molecule has 0 radical (unpaired) electrons. The van der Waals surface area contributed by atoms with Gasteiger partial charge in [0, 0.05) is 17.1 Å². The van der Waals surface area contributed by atoms with E-state index < -0.39 is 0 Å². The predicted molar refractivity (Wildman–Crippen MR) is 69.6 cm³/mol. The summed E-state index contributed by atoms with van der Waals surface area (Å²) in [6, 6.07) is 9.48. The summed E-state index contributed by atoms with van der Waals surface area (Å²) < 4.78 is 5.62. The minimum Gasteiger partial charge on any atom is -0.367 e.